The van der Waals surface area contributed by atoms with E-state index in [0.717, 1.165) is 23.4 Å². The topological polar surface area (TPSA) is 24.8 Å². The zero-order chi connectivity index (χ0) is 19.2. The second kappa shape index (κ2) is 6.49. The summed E-state index contributed by atoms with van der Waals surface area (Å²) in [5, 5.41) is 9.75. The van der Waals surface area contributed by atoms with Crippen molar-refractivity contribution >= 4 is 16.5 Å². The van der Waals surface area contributed by atoms with Crippen molar-refractivity contribution in [2.45, 2.75) is 18.7 Å². The van der Waals surface area contributed by atoms with Crippen LogP contribution >= 0.6 is 0 Å². The Morgan fingerprint density at radius 3 is 2.45 bits per heavy atom. The van der Waals surface area contributed by atoms with Gasteiger partial charge in [-0.2, -0.15) is 5.10 Å². The van der Waals surface area contributed by atoms with Gasteiger partial charge in [0, 0.05) is 23.1 Å². The highest BCUT2D eigenvalue weighted by atomic mass is 16.5. The van der Waals surface area contributed by atoms with Crippen LogP contribution in [0, 0.1) is 0 Å². The molecule has 140 valence electrons. The molecule has 2 heterocycles. The second-order valence-electron chi connectivity index (χ2n) is 7.59. The highest BCUT2D eigenvalue weighted by molar-refractivity contribution is 6.11. The quantitative estimate of drug-likeness (QED) is 0.423. The number of hydrazone groups is 1. The van der Waals surface area contributed by atoms with Crippen LogP contribution in [-0.4, -0.2) is 10.7 Å². The molecule has 4 aromatic carbocycles. The molecule has 3 heteroatoms. The summed E-state index contributed by atoms with van der Waals surface area (Å²) in [6.45, 7) is 0. The first kappa shape index (κ1) is 16.4. The first-order valence-corrected chi connectivity index (χ1v) is 10.0. The Labute approximate surface area is 169 Å². The Morgan fingerprint density at radius 1 is 0.759 bits per heavy atom. The van der Waals surface area contributed by atoms with E-state index in [1.54, 1.807) is 0 Å². The minimum absolute atomic E-state index is 0.180. The molecule has 0 spiro atoms. The largest absolute Gasteiger partial charge is 0.464 e. The number of benzene rings is 4. The molecule has 0 saturated heterocycles. The van der Waals surface area contributed by atoms with Crippen molar-refractivity contribution in [1.82, 2.24) is 5.01 Å². The normalized spacial score (nSPS) is 20.0. The molecule has 0 aliphatic carbocycles. The van der Waals surface area contributed by atoms with Crippen molar-refractivity contribution in [2.75, 3.05) is 0 Å². The van der Waals surface area contributed by atoms with Crippen LogP contribution in [0.4, 0.5) is 0 Å². The van der Waals surface area contributed by atoms with Crippen molar-refractivity contribution in [2.24, 2.45) is 5.10 Å². The lowest BCUT2D eigenvalue weighted by Gasteiger charge is -2.38. The minimum atomic E-state index is -0.219. The maximum absolute atomic E-state index is 6.42. The van der Waals surface area contributed by atoms with Crippen molar-refractivity contribution in [3.63, 3.8) is 0 Å². The van der Waals surface area contributed by atoms with Gasteiger partial charge in [-0.3, -0.25) is 0 Å². The molecule has 0 bridgehead atoms. The molecule has 2 atom stereocenters. The summed E-state index contributed by atoms with van der Waals surface area (Å²) in [6, 6.07) is 33.9. The van der Waals surface area contributed by atoms with E-state index in [1.807, 2.05) is 12.1 Å². The fraction of sp³-hybridized carbons (Fsp3) is 0.115. The highest BCUT2D eigenvalue weighted by Crippen LogP contribution is 2.47. The Hall–Kier alpha value is -3.59. The van der Waals surface area contributed by atoms with Crippen LogP contribution in [-0.2, 0) is 0 Å². The van der Waals surface area contributed by atoms with Crippen LogP contribution < -0.4 is 4.74 Å². The lowest BCUT2D eigenvalue weighted by atomic mass is 9.94. The molecule has 0 aromatic heterocycles. The molecule has 6 rings (SSSR count). The summed E-state index contributed by atoms with van der Waals surface area (Å²) in [6.07, 6.45) is 0.654. The van der Waals surface area contributed by atoms with Crippen LogP contribution in [0.2, 0.25) is 0 Å². The Balaban J connectivity index is 1.50. The van der Waals surface area contributed by atoms with E-state index < -0.39 is 0 Å². The number of nitrogens with zero attached hydrogens (tertiary/aromatic N) is 2. The van der Waals surface area contributed by atoms with E-state index in [1.165, 1.54) is 21.9 Å². The van der Waals surface area contributed by atoms with E-state index in [0.29, 0.717) is 0 Å². The Morgan fingerprint density at radius 2 is 1.52 bits per heavy atom. The molecule has 0 radical (unpaired) electrons. The van der Waals surface area contributed by atoms with Crippen LogP contribution in [0.25, 0.3) is 10.8 Å². The van der Waals surface area contributed by atoms with E-state index in [4.69, 9.17) is 9.84 Å². The van der Waals surface area contributed by atoms with Gasteiger partial charge in [-0.1, -0.05) is 91.0 Å². The first-order valence-electron chi connectivity index (χ1n) is 10.0. The van der Waals surface area contributed by atoms with Gasteiger partial charge in [0.05, 0.1) is 11.8 Å². The fourth-order valence-electron chi connectivity index (χ4n) is 4.51. The molecule has 4 aromatic rings. The van der Waals surface area contributed by atoms with Crippen LogP contribution in [0.1, 0.15) is 35.4 Å². The number of ether oxygens (including phenoxy) is 1. The van der Waals surface area contributed by atoms with E-state index in [9.17, 15) is 0 Å². The number of para-hydroxylation sites is 1. The maximum Gasteiger partial charge on any atom is 0.213 e. The standard InChI is InChI=1S/C26H20N2O/c1-2-10-19(11-3-1)26-28-24(22-14-6-7-16-25(22)29-26)17-23(27-28)21-15-8-12-18-9-4-5-13-20(18)21/h1-16,24,26H,17H2/t24-,26+/m1/s1. The molecule has 2 aliphatic rings. The summed E-state index contributed by atoms with van der Waals surface area (Å²) >= 11 is 0. The van der Waals surface area contributed by atoms with Gasteiger partial charge in [-0.25, -0.2) is 5.01 Å². The Bertz CT molecular complexity index is 1230. The summed E-state index contributed by atoms with van der Waals surface area (Å²) in [7, 11) is 0. The molecular formula is C26H20N2O. The van der Waals surface area contributed by atoms with E-state index >= 15 is 0 Å². The maximum atomic E-state index is 6.42. The third kappa shape index (κ3) is 2.62. The molecule has 0 saturated carbocycles. The molecule has 3 nitrogen and oxygen atoms in total. The van der Waals surface area contributed by atoms with E-state index in [-0.39, 0.29) is 12.3 Å². The van der Waals surface area contributed by atoms with Crippen LogP contribution in [0.15, 0.2) is 102 Å². The number of rotatable bonds is 2. The van der Waals surface area contributed by atoms with Crippen molar-refractivity contribution in [3.05, 3.63) is 114 Å². The third-order valence-corrected chi connectivity index (χ3v) is 5.88. The SMILES string of the molecule is c1ccc([C@@H]2Oc3ccccc3[C@H]3CC(c4cccc5ccccc45)=NN32)cc1. The average molecular weight is 376 g/mol. The first-order chi connectivity index (χ1) is 14.4. The fourth-order valence-corrected chi connectivity index (χ4v) is 4.51. The molecule has 0 unspecified atom stereocenters. The Kier molecular flexibility index (Phi) is 3.66. The van der Waals surface area contributed by atoms with Gasteiger partial charge in [-0.05, 0) is 16.8 Å². The van der Waals surface area contributed by atoms with Gasteiger partial charge < -0.3 is 4.74 Å². The number of hydrogen-bond donors (Lipinski definition) is 0. The molecule has 0 N–H and O–H groups in total. The van der Waals surface area contributed by atoms with Gasteiger partial charge >= 0.3 is 0 Å². The number of hydrogen-bond acceptors (Lipinski definition) is 3. The summed E-state index contributed by atoms with van der Waals surface area (Å²) in [5.74, 6) is 0.956. The monoisotopic (exact) mass is 376 g/mol. The van der Waals surface area contributed by atoms with Crippen LogP contribution in [0.5, 0.6) is 5.75 Å². The average Bonchev–Trinajstić information content (AvgIpc) is 3.24. The van der Waals surface area contributed by atoms with Gasteiger partial charge in [-0.15, -0.1) is 0 Å². The minimum Gasteiger partial charge on any atom is -0.464 e. The van der Waals surface area contributed by atoms with Gasteiger partial charge in [0.25, 0.3) is 0 Å². The second-order valence-corrected chi connectivity index (χ2v) is 7.59. The van der Waals surface area contributed by atoms with E-state index in [2.05, 4.69) is 89.9 Å². The summed E-state index contributed by atoms with van der Waals surface area (Å²) < 4.78 is 6.42. The van der Waals surface area contributed by atoms with Crippen molar-refractivity contribution in [1.29, 1.82) is 0 Å². The van der Waals surface area contributed by atoms with Gasteiger partial charge in [0.15, 0.2) is 0 Å². The summed E-state index contributed by atoms with van der Waals surface area (Å²) in [4.78, 5) is 0. The zero-order valence-electron chi connectivity index (χ0n) is 15.9. The molecule has 2 aliphatic heterocycles. The van der Waals surface area contributed by atoms with Crippen molar-refractivity contribution in [3.8, 4) is 5.75 Å². The predicted molar refractivity (Wildman–Crippen MR) is 116 cm³/mol. The summed E-state index contributed by atoms with van der Waals surface area (Å²) in [5.41, 5.74) is 4.66. The van der Waals surface area contributed by atoms with Crippen LogP contribution in [0.3, 0.4) is 0 Å². The van der Waals surface area contributed by atoms with Gasteiger partial charge in [0.2, 0.25) is 6.23 Å². The molecule has 0 fully saturated rings. The smallest absolute Gasteiger partial charge is 0.213 e. The van der Waals surface area contributed by atoms with Crippen molar-refractivity contribution < 1.29 is 4.74 Å². The highest BCUT2D eigenvalue weighted by Gasteiger charge is 2.40. The molecule has 0 amide bonds. The molecular weight excluding hydrogens is 356 g/mol. The number of fused-ring (bicyclic) bond motifs is 4. The lowest BCUT2D eigenvalue weighted by Crippen LogP contribution is -2.33. The molecule has 29 heavy (non-hydrogen) atoms. The third-order valence-electron chi connectivity index (χ3n) is 5.88. The predicted octanol–water partition coefficient (Wildman–Crippen LogP) is 6.08. The lowest BCUT2D eigenvalue weighted by molar-refractivity contribution is -0.0190. The van der Waals surface area contributed by atoms with Gasteiger partial charge in [0.1, 0.15) is 5.75 Å². The zero-order valence-corrected chi connectivity index (χ0v) is 15.9.